The highest BCUT2D eigenvalue weighted by Gasteiger charge is 2.18. The van der Waals surface area contributed by atoms with Crippen LogP contribution in [-0.2, 0) is 13.1 Å². The number of para-hydroxylation sites is 2. The van der Waals surface area contributed by atoms with Crippen LogP contribution >= 0.6 is 0 Å². The standard InChI is InChI=1S/C23H23N3O4/c1-25(23(27)21-11-6-13-30-21)16-22-24-19-9-3-4-10-20(19)26(22)12-14-29-18-8-5-7-17(15-18)28-2/h3-11,13,15H,12,14,16H2,1-2H3. The number of fused-ring (bicyclic) bond motifs is 1. The Morgan fingerprint density at radius 3 is 2.73 bits per heavy atom. The van der Waals surface area contributed by atoms with E-state index in [-0.39, 0.29) is 5.91 Å². The molecule has 0 radical (unpaired) electrons. The lowest BCUT2D eigenvalue weighted by Gasteiger charge is -2.17. The molecule has 0 unspecified atom stereocenters. The van der Waals surface area contributed by atoms with E-state index in [2.05, 4.69) is 4.57 Å². The molecular formula is C23H23N3O4. The number of carbonyl (C=O) groups excluding carboxylic acids is 1. The zero-order valence-electron chi connectivity index (χ0n) is 16.9. The second-order valence-electron chi connectivity index (χ2n) is 6.83. The van der Waals surface area contributed by atoms with Crippen LogP contribution in [-0.4, -0.2) is 41.1 Å². The molecule has 0 bridgehead atoms. The molecule has 0 saturated carbocycles. The number of carbonyl (C=O) groups is 1. The van der Waals surface area contributed by atoms with E-state index in [4.69, 9.17) is 18.9 Å². The summed E-state index contributed by atoms with van der Waals surface area (Å²) < 4.78 is 18.5. The predicted molar refractivity (Wildman–Crippen MR) is 113 cm³/mol. The number of ether oxygens (including phenoxy) is 2. The van der Waals surface area contributed by atoms with Gasteiger partial charge in [-0.25, -0.2) is 4.98 Å². The van der Waals surface area contributed by atoms with Gasteiger partial charge in [-0.05, 0) is 36.4 Å². The normalized spacial score (nSPS) is 10.9. The Morgan fingerprint density at radius 1 is 1.10 bits per heavy atom. The lowest BCUT2D eigenvalue weighted by atomic mass is 10.3. The van der Waals surface area contributed by atoms with Crippen LogP contribution in [0.3, 0.4) is 0 Å². The lowest BCUT2D eigenvalue weighted by molar-refractivity contribution is 0.0748. The van der Waals surface area contributed by atoms with Gasteiger partial charge in [-0.15, -0.1) is 0 Å². The number of furan rings is 1. The largest absolute Gasteiger partial charge is 0.497 e. The van der Waals surface area contributed by atoms with Gasteiger partial charge in [-0.3, -0.25) is 4.79 Å². The smallest absolute Gasteiger partial charge is 0.289 e. The van der Waals surface area contributed by atoms with Gasteiger partial charge in [0, 0.05) is 13.1 Å². The number of benzene rings is 2. The average Bonchev–Trinajstić information content (AvgIpc) is 3.42. The summed E-state index contributed by atoms with van der Waals surface area (Å²) in [6, 6.07) is 18.8. The monoisotopic (exact) mass is 405 g/mol. The molecular weight excluding hydrogens is 382 g/mol. The quantitative estimate of drug-likeness (QED) is 0.443. The maximum Gasteiger partial charge on any atom is 0.289 e. The van der Waals surface area contributed by atoms with E-state index >= 15 is 0 Å². The summed E-state index contributed by atoms with van der Waals surface area (Å²) in [6.07, 6.45) is 1.49. The number of imidazole rings is 1. The molecule has 0 atom stereocenters. The first kappa shape index (κ1) is 19.6. The van der Waals surface area contributed by atoms with Crippen LogP contribution in [0.15, 0.2) is 71.3 Å². The minimum Gasteiger partial charge on any atom is -0.497 e. The molecule has 2 aromatic carbocycles. The molecule has 0 N–H and O–H groups in total. The van der Waals surface area contributed by atoms with Crippen molar-refractivity contribution in [2.45, 2.75) is 13.1 Å². The van der Waals surface area contributed by atoms with Gasteiger partial charge in [0.2, 0.25) is 0 Å². The van der Waals surface area contributed by atoms with E-state index in [0.29, 0.717) is 25.5 Å². The van der Waals surface area contributed by atoms with Gasteiger partial charge in [0.1, 0.15) is 23.9 Å². The highest BCUT2D eigenvalue weighted by atomic mass is 16.5. The molecule has 4 aromatic rings. The van der Waals surface area contributed by atoms with Crippen molar-refractivity contribution in [3.05, 3.63) is 78.5 Å². The first-order valence-electron chi connectivity index (χ1n) is 9.65. The number of hydrogen-bond acceptors (Lipinski definition) is 5. The Labute approximate surface area is 174 Å². The van der Waals surface area contributed by atoms with Crippen molar-refractivity contribution in [2.75, 3.05) is 20.8 Å². The second-order valence-corrected chi connectivity index (χ2v) is 6.83. The van der Waals surface area contributed by atoms with Crippen LogP contribution in [0.5, 0.6) is 11.5 Å². The van der Waals surface area contributed by atoms with Crippen molar-refractivity contribution in [1.29, 1.82) is 0 Å². The minimum absolute atomic E-state index is 0.189. The lowest BCUT2D eigenvalue weighted by Crippen LogP contribution is -2.27. The summed E-state index contributed by atoms with van der Waals surface area (Å²) in [5.41, 5.74) is 1.88. The Hall–Kier alpha value is -3.74. The van der Waals surface area contributed by atoms with Gasteiger partial charge in [0.15, 0.2) is 5.76 Å². The summed E-state index contributed by atoms with van der Waals surface area (Å²) in [5.74, 6) is 2.39. The Balaban J connectivity index is 1.52. The molecule has 0 aliphatic heterocycles. The molecule has 0 saturated heterocycles. The fraction of sp³-hybridized carbons (Fsp3) is 0.217. The first-order valence-corrected chi connectivity index (χ1v) is 9.65. The summed E-state index contributed by atoms with van der Waals surface area (Å²) in [7, 11) is 3.37. The highest BCUT2D eigenvalue weighted by molar-refractivity contribution is 5.91. The van der Waals surface area contributed by atoms with Gasteiger partial charge in [0.05, 0.1) is 37.5 Å². The third-order valence-electron chi connectivity index (χ3n) is 4.82. The van der Waals surface area contributed by atoms with Crippen molar-refractivity contribution in [1.82, 2.24) is 14.5 Å². The molecule has 154 valence electrons. The number of amides is 1. The van der Waals surface area contributed by atoms with Crippen LogP contribution in [0.25, 0.3) is 11.0 Å². The second kappa shape index (κ2) is 8.73. The predicted octanol–water partition coefficient (Wildman–Crippen LogP) is 3.99. The van der Waals surface area contributed by atoms with Crippen molar-refractivity contribution >= 4 is 16.9 Å². The highest BCUT2D eigenvalue weighted by Crippen LogP contribution is 2.21. The zero-order valence-corrected chi connectivity index (χ0v) is 16.9. The van der Waals surface area contributed by atoms with Crippen LogP contribution in [0.1, 0.15) is 16.4 Å². The molecule has 0 aliphatic carbocycles. The molecule has 0 spiro atoms. The molecule has 4 rings (SSSR count). The van der Waals surface area contributed by atoms with Gasteiger partial charge in [0.25, 0.3) is 5.91 Å². The zero-order chi connectivity index (χ0) is 20.9. The summed E-state index contributed by atoms with van der Waals surface area (Å²) >= 11 is 0. The Bertz CT molecular complexity index is 1130. The van der Waals surface area contributed by atoms with Crippen LogP contribution in [0.4, 0.5) is 0 Å². The van der Waals surface area contributed by atoms with E-state index in [0.717, 1.165) is 28.4 Å². The van der Waals surface area contributed by atoms with E-state index in [1.165, 1.54) is 6.26 Å². The van der Waals surface area contributed by atoms with E-state index in [9.17, 15) is 4.79 Å². The minimum atomic E-state index is -0.189. The molecule has 30 heavy (non-hydrogen) atoms. The van der Waals surface area contributed by atoms with Gasteiger partial charge in [-0.2, -0.15) is 0 Å². The number of methoxy groups -OCH3 is 1. The molecule has 0 aliphatic rings. The fourth-order valence-electron chi connectivity index (χ4n) is 3.31. The fourth-order valence-corrected chi connectivity index (χ4v) is 3.31. The van der Waals surface area contributed by atoms with Gasteiger partial charge >= 0.3 is 0 Å². The number of hydrogen-bond donors (Lipinski definition) is 0. The molecule has 2 aromatic heterocycles. The first-order chi connectivity index (χ1) is 14.7. The average molecular weight is 405 g/mol. The van der Waals surface area contributed by atoms with E-state index < -0.39 is 0 Å². The number of aromatic nitrogens is 2. The number of nitrogens with zero attached hydrogens (tertiary/aromatic N) is 3. The van der Waals surface area contributed by atoms with Crippen LogP contribution in [0.2, 0.25) is 0 Å². The topological polar surface area (TPSA) is 69.7 Å². The molecule has 0 fully saturated rings. The maximum atomic E-state index is 12.6. The van der Waals surface area contributed by atoms with Crippen molar-refractivity contribution in [3.8, 4) is 11.5 Å². The van der Waals surface area contributed by atoms with Gasteiger partial charge in [-0.1, -0.05) is 18.2 Å². The van der Waals surface area contributed by atoms with Crippen LogP contribution in [0, 0.1) is 0 Å². The van der Waals surface area contributed by atoms with E-state index in [1.54, 1.807) is 31.2 Å². The van der Waals surface area contributed by atoms with Gasteiger partial charge < -0.3 is 23.4 Å². The third-order valence-corrected chi connectivity index (χ3v) is 4.82. The van der Waals surface area contributed by atoms with Crippen molar-refractivity contribution in [3.63, 3.8) is 0 Å². The Kier molecular flexibility index (Phi) is 5.70. The summed E-state index contributed by atoms with van der Waals surface area (Å²) in [6.45, 7) is 1.40. The Morgan fingerprint density at radius 2 is 1.93 bits per heavy atom. The van der Waals surface area contributed by atoms with E-state index in [1.807, 2.05) is 48.5 Å². The molecule has 7 nitrogen and oxygen atoms in total. The third kappa shape index (κ3) is 4.15. The van der Waals surface area contributed by atoms with Crippen molar-refractivity contribution < 1.29 is 18.7 Å². The molecule has 7 heteroatoms. The van der Waals surface area contributed by atoms with Crippen molar-refractivity contribution in [2.24, 2.45) is 0 Å². The summed E-state index contributed by atoms with van der Waals surface area (Å²) in [5, 5.41) is 0. The molecule has 2 heterocycles. The maximum absolute atomic E-state index is 12.6. The number of rotatable bonds is 8. The molecule has 1 amide bonds. The SMILES string of the molecule is COc1cccc(OCCn2c(CN(C)C(=O)c3ccco3)nc3ccccc32)c1. The van der Waals surface area contributed by atoms with Crippen LogP contribution < -0.4 is 9.47 Å². The summed E-state index contributed by atoms with van der Waals surface area (Å²) in [4.78, 5) is 18.9.